The van der Waals surface area contributed by atoms with Gasteiger partial charge in [-0.15, -0.1) is 12.4 Å². The smallest absolute Gasteiger partial charge is 0.220 e. The molecule has 0 heterocycles. The van der Waals surface area contributed by atoms with Crippen molar-refractivity contribution in [2.75, 3.05) is 0 Å². The zero-order chi connectivity index (χ0) is 15.9. The molecule has 1 atom stereocenters. The molecule has 23 heavy (non-hydrogen) atoms. The number of amides is 1. The van der Waals surface area contributed by atoms with E-state index in [2.05, 4.69) is 5.32 Å². The molecule has 3 N–H and O–H groups in total. The topological polar surface area (TPSA) is 55.1 Å². The Bertz CT molecular complexity index is 627. The summed E-state index contributed by atoms with van der Waals surface area (Å²) in [6.45, 7) is 2.42. The van der Waals surface area contributed by atoms with Gasteiger partial charge in [0.25, 0.3) is 0 Å². The summed E-state index contributed by atoms with van der Waals surface area (Å²) in [4.78, 5) is 11.8. The third kappa shape index (κ3) is 6.22. The van der Waals surface area contributed by atoms with Crippen LogP contribution >= 0.6 is 24.0 Å². The molecular formula is C18H22Cl2N2O. The predicted molar refractivity (Wildman–Crippen MR) is 98.9 cm³/mol. The minimum atomic E-state index is 0. The van der Waals surface area contributed by atoms with Gasteiger partial charge in [0.1, 0.15) is 0 Å². The molecule has 0 aliphatic rings. The van der Waals surface area contributed by atoms with Gasteiger partial charge in [-0.25, -0.2) is 0 Å². The summed E-state index contributed by atoms with van der Waals surface area (Å²) in [6, 6.07) is 15.8. The fourth-order valence-electron chi connectivity index (χ4n) is 2.23. The van der Waals surface area contributed by atoms with E-state index in [1.54, 1.807) is 0 Å². The van der Waals surface area contributed by atoms with Crippen LogP contribution < -0.4 is 11.1 Å². The number of rotatable bonds is 6. The van der Waals surface area contributed by atoms with E-state index in [9.17, 15) is 4.79 Å². The minimum absolute atomic E-state index is 0. The average Bonchev–Trinajstić information content (AvgIpc) is 2.52. The van der Waals surface area contributed by atoms with E-state index in [1.807, 2.05) is 55.5 Å². The lowest BCUT2D eigenvalue weighted by atomic mass is 9.99. The number of hydrogen-bond acceptors (Lipinski definition) is 2. The van der Waals surface area contributed by atoms with Gasteiger partial charge in [0, 0.05) is 24.0 Å². The second-order valence-corrected chi connectivity index (χ2v) is 5.89. The highest BCUT2D eigenvalue weighted by Crippen LogP contribution is 2.25. The first-order valence-corrected chi connectivity index (χ1v) is 7.80. The molecule has 0 saturated heterocycles. The van der Waals surface area contributed by atoms with Crippen molar-refractivity contribution in [1.82, 2.24) is 5.32 Å². The molecule has 5 heteroatoms. The van der Waals surface area contributed by atoms with Crippen molar-refractivity contribution in [1.29, 1.82) is 0 Å². The van der Waals surface area contributed by atoms with Crippen LogP contribution in [0.4, 0.5) is 0 Å². The lowest BCUT2D eigenvalue weighted by molar-refractivity contribution is -0.121. The van der Waals surface area contributed by atoms with Gasteiger partial charge in [-0.1, -0.05) is 48.0 Å². The van der Waals surface area contributed by atoms with Crippen LogP contribution in [0.25, 0.3) is 11.1 Å². The Labute approximate surface area is 148 Å². The van der Waals surface area contributed by atoms with Crippen LogP contribution in [0.5, 0.6) is 0 Å². The second kappa shape index (κ2) is 9.56. The second-order valence-electron chi connectivity index (χ2n) is 5.46. The zero-order valence-corrected chi connectivity index (χ0v) is 14.7. The van der Waals surface area contributed by atoms with Gasteiger partial charge < -0.3 is 11.1 Å². The molecule has 0 bridgehead atoms. The number of carbonyl (C=O) groups is 1. The Kier molecular flexibility index (Phi) is 8.10. The molecule has 1 unspecified atom stereocenters. The Morgan fingerprint density at radius 1 is 1.17 bits per heavy atom. The summed E-state index contributed by atoms with van der Waals surface area (Å²) in [5.74, 6) is 0.0307. The van der Waals surface area contributed by atoms with Gasteiger partial charge in [0.15, 0.2) is 0 Å². The maximum atomic E-state index is 11.8. The fourth-order valence-corrected chi connectivity index (χ4v) is 2.35. The molecule has 2 aromatic rings. The van der Waals surface area contributed by atoms with Gasteiger partial charge in [-0.05, 0) is 42.2 Å². The molecule has 1 amide bonds. The first-order chi connectivity index (χ1) is 10.6. The summed E-state index contributed by atoms with van der Waals surface area (Å²) in [7, 11) is 0. The number of halogens is 2. The van der Waals surface area contributed by atoms with Crippen molar-refractivity contribution in [3.05, 3.63) is 59.1 Å². The molecule has 3 nitrogen and oxygen atoms in total. The predicted octanol–water partition coefficient (Wildman–Crippen LogP) is 4.17. The maximum absolute atomic E-state index is 11.8. The SMILES string of the molecule is CC(N)CCC(=O)NCc1ccccc1-c1ccc(Cl)cc1.Cl. The number of hydrogen-bond donors (Lipinski definition) is 2. The van der Waals surface area contributed by atoms with Gasteiger partial charge in [0.05, 0.1) is 0 Å². The van der Waals surface area contributed by atoms with Crippen LogP contribution in [0, 0.1) is 0 Å². The molecule has 2 rings (SSSR count). The van der Waals surface area contributed by atoms with Crippen molar-refractivity contribution < 1.29 is 4.79 Å². The Hall–Kier alpha value is -1.55. The van der Waals surface area contributed by atoms with Crippen LogP contribution in [-0.2, 0) is 11.3 Å². The lowest BCUT2D eigenvalue weighted by Crippen LogP contribution is -2.25. The van der Waals surface area contributed by atoms with Gasteiger partial charge in [0.2, 0.25) is 5.91 Å². The maximum Gasteiger partial charge on any atom is 0.220 e. The van der Waals surface area contributed by atoms with Crippen LogP contribution in [0.2, 0.25) is 5.02 Å². The molecule has 0 saturated carbocycles. The summed E-state index contributed by atoms with van der Waals surface area (Å²) in [5.41, 5.74) is 8.94. The normalized spacial score (nSPS) is 11.4. The van der Waals surface area contributed by atoms with Crippen molar-refractivity contribution >= 4 is 29.9 Å². The number of nitrogens with one attached hydrogen (secondary N) is 1. The summed E-state index contributed by atoms with van der Waals surface area (Å²) < 4.78 is 0. The van der Waals surface area contributed by atoms with E-state index in [-0.39, 0.29) is 24.4 Å². The van der Waals surface area contributed by atoms with E-state index in [4.69, 9.17) is 17.3 Å². The van der Waals surface area contributed by atoms with Crippen LogP contribution in [0.1, 0.15) is 25.3 Å². The summed E-state index contributed by atoms with van der Waals surface area (Å²) in [6.07, 6.45) is 1.16. The molecule has 124 valence electrons. The fraction of sp³-hybridized carbons (Fsp3) is 0.278. The number of benzene rings is 2. The van der Waals surface area contributed by atoms with Crippen LogP contribution in [0.3, 0.4) is 0 Å². The highest BCUT2D eigenvalue weighted by molar-refractivity contribution is 6.30. The Balaban J connectivity index is 0.00000264. The molecule has 2 aromatic carbocycles. The molecule has 0 fully saturated rings. The van der Waals surface area contributed by atoms with E-state index >= 15 is 0 Å². The largest absolute Gasteiger partial charge is 0.352 e. The molecule has 0 aromatic heterocycles. The van der Waals surface area contributed by atoms with Crippen LogP contribution in [0.15, 0.2) is 48.5 Å². The third-order valence-corrected chi connectivity index (χ3v) is 3.73. The van der Waals surface area contributed by atoms with Gasteiger partial charge >= 0.3 is 0 Å². The van der Waals surface area contributed by atoms with E-state index in [0.717, 1.165) is 16.7 Å². The van der Waals surface area contributed by atoms with Crippen molar-refractivity contribution in [3.63, 3.8) is 0 Å². The molecule has 0 aliphatic carbocycles. The first kappa shape index (κ1) is 19.5. The molecule has 0 spiro atoms. The minimum Gasteiger partial charge on any atom is -0.352 e. The van der Waals surface area contributed by atoms with E-state index in [0.29, 0.717) is 24.4 Å². The lowest BCUT2D eigenvalue weighted by Gasteiger charge is -2.11. The standard InChI is InChI=1S/C18H21ClN2O.ClH/c1-13(20)6-11-18(22)21-12-15-4-2-3-5-17(15)14-7-9-16(19)10-8-14;/h2-5,7-10,13H,6,11-12,20H2,1H3,(H,21,22);1H. The quantitative estimate of drug-likeness (QED) is 0.819. The van der Waals surface area contributed by atoms with Crippen molar-refractivity contribution in [2.24, 2.45) is 5.73 Å². The van der Waals surface area contributed by atoms with Crippen molar-refractivity contribution in [2.45, 2.75) is 32.4 Å². The highest BCUT2D eigenvalue weighted by Gasteiger charge is 2.07. The van der Waals surface area contributed by atoms with Crippen molar-refractivity contribution in [3.8, 4) is 11.1 Å². The third-order valence-electron chi connectivity index (χ3n) is 3.48. The number of carbonyl (C=O) groups excluding carboxylic acids is 1. The Morgan fingerprint density at radius 3 is 2.48 bits per heavy atom. The summed E-state index contributed by atoms with van der Waals surface area (Å²) >= 11 is 5.93. The first-order valence-electron chi connectivity index (χ1n) is 7.42. The molecular weight excluding hydrogens is 331 g/mol. The summed E-state index contributed by atoms with van der Waals surface area (Å²) in [5, 5.41) is 3.67. The zero-order valence-electron chi connectivity index (χ0n) is 13.1. The van der Waals surface area contributed by atoms with E-state index < -0.39 is 0 Å². The van der Waals surface area contributed by atoms with E-state index in [1.165, 1.54) is 0 Å². The average molecular weight is 353 g/mol. The van der Waals surface area contributed by atoms with Crippen LogP contribution in [-0.4, -0.2) is 11.9 Å². The molecule has 0 aliphatic heterocycles. The van der Waals surface area contributed by atoms with Gasteiger partial charge in [-0.2, -0.15) is 0 Å². The highest BCUT2D eigenvalue weighted by atomic mass is 35.5. The monoisotopic (exact) mass is 352 g/mol. The Morgan fingerprint density at radius 2 is 1.83 bits per heavy atom. The van der Waals surface area contributed by atoms with Gasteiger partial charge in [-0.3, -0.25) is 4.79 Å². The molecule has 0 radical (unpaired) electrons. The number of nitrogens with two attached hydrogens (primary N) is 1.